The number of anilines is 1. The minimum absolute atomic E-state index is 0.0326. The van der Waals surface area contributed by atoms with Gasteiger partial charge in [-0.3, -0.25) is 28.7 Å². The molecular formula is C49H54N10O6S2. The van der Waals surface area contributed by atoms with E-state index in [-0.39, 0.29) is 37.9 Å². The number of carboxylic acids is 1. The van der Waals surface area contributed by atoms with Gasteiger partial charge in [0, 0.05) is 40.7 Å². The number of aliphatic imine (C=N–C) groups is 1. The number of aromatic nitrogens is 5. The molecular weight excluding hydrogens is 889 g/mol. The summed E-state index contributed by atoms with van der Waals surface area (Å²) in [6.07, 6.45) is 0.655. The number of nitrogens with zero attached hydrogens (tertiary/aromatic N) is 7. The Morgan fingerprint density at radius 2 is 1.57 bits per heavy atom. The normalized spacial score (nSPS) is 17.7. The molecule has 2 unspecified atom stereocenters. The van der Waals surface area contributed by atoms with Gasteiger partial charge in [0.1, 0.15) is 34.8 Å². The maximum absolute atomic E-state index is 14.2. The third-order valence-electron chi connectivity index (χ3n) is 12.4. The van der Waals surface area contributed by atoms with E-state index in [2.05, 4.69) is 43.0 Å². The molecule has 6 heterocycles. The summed E-state index contributed by atoms with van der Waals surface area (Å²) in [5, 5.41) is 39.0. The molecule has 0 bridgehead atoms. The molecule has 0 aliphatic carbocycles. The average molecular weight is 943 g/mol. The molecule has 6 aromatic rings. The minimum atomic E-state index is -0.990. The van der Waals surface area contributed by atoms with Crippen LogP contribution in [-0.2, 0) is 19.2 Å². The molecule has 5 N–H and O–H groups in total. The van der Waals surface area contributed by atoms with Gasteiger partial charge in [-0.2, -0.15) is 0 Å². The zero-order valence-corrected chi connectivity index (χ0v) is 40.3. The summed E-state index contributed by atoms with van der Waals surface area (Å²) < 4.78 is 1.93. The molecule has 1 fully saturated rings. The van der Waals surface area contributed by atoms with Gasteiger partial charge < -0.3 is 31.1 Å². The Labute approximate surface area is 396 Å². The first-order valence-corrected chi connectivity index (χ1v) is 23.8. The first-order chi connectivity index (χ1) is 31.9. The highest BCUT2D eigenvalue weighted by molar-refractivity contribution is 7.15. The number of fused-ring (bicyclic) bond motifs is 3. The molecule has 18 heteroatoms. The van der Waals surface area contributed by atoms with Gasteiger partial charge in [0.05, 0.1) is 46.9 Å². The maximum Gasteiger partial charge on any atom is 0.306 e. The number of amides is 3. The van der Waals surface area contributed by atoms with Gasteiger partial charge in [0.2, 0.25) is 17.7 Å². The molecule has 5 atom stereocenters. The Bertz CT molecular complexity index is 2860. The third-order valence-corrected chi connectivity index (χ3v) is 14.5. The van der Waals surface area contributed by atoms with Crippen LogP contribution < -0.4 is 16.0 Å². The number of aryl methyl sites for hydroxylation is 3. The number of rotatable bonds is 13. The number of aliphatic carboxylic acids is 1. The third kappa shape index (κ3) is 9.78. The number of likely N-dealkylation sites (tertiary alicyclic amines) is 1. The second-order valence-corrected chi connectivity index (χ2v) is 20.3. The number of nitrogens with one attached hydrogen (secondary N) is 3. The van der Waals surface area contributed by atoms with Crippen LogP contribution >= 0.6 is 22.7 Å². The summed E-state index contributed by atoms with van der Waals surface area (Å²) >= 11 is 3.18. The van der Waals surface area contributed by atoms with Gasteiger partial charge in [0.15, 0.2) is 5.82 Å². The highest BCUT2D eigenvalue weighted by Crippen LogP contribution is 2.40. The number of thiazole rings is 1. The monoisotopic (exact) mass is 942 g/mol. The molecule has 2 aromatic carbocycles. The van der Waals surface area contributed by atoms with Gasteiger partial charge in [-0.15, -0.1) is 32.9 Å². The number of pyridine rings is 1. The summed E-state index contributed by atoms with van der Waals surface area (Å²) in [5.41, 5.74) is 9.21. The number of thiophene rings is 1. The van der Waals surface area contributed by atoms with E-state index in [9.17, 15) is 29.4 Å². The van der Waals surface area contributed by atoms with Crippen molar-refractivity contribution in [2.45, 2.75) is 98.5 Å². The lowest BCUT2D eigenvalue weighted by Crippen LogP contribution is -2.58. The van der Waals surface area contributed by atoms with Crippen LogP contribution in [0.4, 0.5) is 5.82 Å². The minimum Gasteiger partial charge on any atom is -0.481 e. The predicted molar refractivity (Wildman–Crippen MR) is 259 cm³/mol. The second-order valence-electron chi connectivity index (χ2n) is 18.2. The Balaban J connectivity index is 0.902. The highest BCUT2D eigenvalue weighted by Gasteiger charge is 2.45. The van der Waals surface area contributed by atoms with Crippen LogP contribution in [0.5, 0.6) is 0 Å². The lowest BCUT2D eigenvalue weighted by atomic mass is 9.85. The van der Waals surface area contributed by atoms with Crippen molar-refractivity contribution >= 4 is 57.9 Å². The van der Waals surface area contributed by atoms with Crippen LogP contribution in [0.2, 0.25) is 0 Å². The number of carbonyl (C=O) groups is 4. The van der Waals surface area contributed by atoms with E-state index >= 15 is 0 Å². The van der Waals surface area contributed by atoms with Crippen molar-refractivity contribution < 1.29 is 29.4 Å². The second kappa shape index (κ2) is 18.9. The Hall–Kier alpha value is -6.63. The maximum atomic E-state index is 14.2. The molecule has 2 aliphatic heterocycles. The molecule has 4 aromatic heterocycles. The quantitative estimate of drug-likeness (QED) is 0.0803. The van der Waals surface area contributed by atoms with Gasteiger partial charge >= 0.3 is 5.97 Å². The van der Waals surface area contributed by atoms with Crippen LogP contribution in [0.25, 0.3) is 26.6 Å². The molecule has 67 heavy (non-hydrogen) atoms. The number of aliphatic hydroxyl groups is 1. The highest BCUT2D eigenvalue weighted by atomic mass is 32.1. The molecule has 2 aliphatic rings. The molecule has 0 saturated carbocycles. The first kappa shape index (κ1) is 46.9. The lowest BCUT2D eigenvalue weighted by Gasteiger charge is -2.35. The van der Waals surface area contributed by atoms with Gasteiger partial charge in [-0.25, -0.2) is 9.97 Å². The van der Waals surface area contributed by atoms with Crippen molar-refractivity contribution in [2.24, 2.45) is 10.4 Å². The molecule has 0 radical (unpaired) electrons. The lowest BCUT2D eigenvalue weighted by molar-refractivity contribution is -0.144. The summed E-state index contributed by atoms with van der Waals surface area (Å²) in [6, 6.07) is 16.4. The van der Waals surface area contributed by atoms with Crippen LogP contribution in [0.1, 0.15) is 97.1 Å². The number of β-amino-alcohol motifs (C(OH)–C–C–N with tert-alkyl or cyclic N) is 1. The van der Waals surface area contributed by atoms with E-state index in [0.717, 1.165) is 59.4 Å². The average Bonchev–Trinajstić information content (AvgIpc) is 4.06. The van der Waals surface area contributed by atoms with Crippen LogP contribution in [0.3, 0.4) is 0 Å². The van der Waals surface area contributed by atoms with Crippen molar-refractivity contribution in [3.63, 3.8) is 0 Å². The van der Waals surface area contributed by atoms with E-state index in [1.54, 1.807) is 34.9 Å². The van der Waals surface area contributed by atoms with Crippen molar-refractivity contribution in [2.75, 3.05) is 18.4 Å². The largest absolute Gasteiger partial charge is 0.481 e. The number of carbonyl (C=O) groups excluding carboxylic acids is 3. The Kier molecular flexibility index (Phi) is 13.2. The standard InChI is InChI=1S/C49H54N10O6S2/c1-25-28(4)67-48-41(25)42(54-36(20-40(62)63)45-57-56-29(5)59(45)48)32-13-11-31(12-14-32)34-17-18-38(50-21-34)51-22-39(61)55-44(49(6,7)8)47(65)58-23-35(60)19-37(58)46(64)53-26(2)30-9-15-33(16-10-30)43-27(3)52-24-66-43/h9-18,21,24,26,35-37,44,60H,19-20,22-23H2,1-8H3,(H,50,51)(H,53,64)(H,55,61)(H,62,63)/t26?,35-,36+,37+,44?/m1/s1. The van der Waals surface area contributed by atoms with Gasteiger partial charge in [0.25, 0.3) is 0 Å². The summed E-state index contributed by atoms with van der Waals surface area (Å²) in [6.45, 7) is 15.1. The number of aliphatic hydroxyl groups excluding tert-OH is 1. The van der Waals surface area contributed by atoms with Gasteiger partial charge in [-0.1, -0.05) is 69.3 Å². The van der Waals surface area contributed by atoms with Crippen LogP contribution in [0.15, 0.2) is 77.4 Å². The fourth-order valence-electron chi connectivity index (χ4n) is 8.58. The van der Waals surface area contributed by atoms with E-state index < -0.39 is 47.4 Å². The zero-order chi connectivity index (χ0) is 47.9. The van der Waals surface area contributed by atoms with Crippen molar-refractivity contribution in [3.8, 4) is 26.6 Å². The van der Waals surface area contributed by atoms with E-state index in [0.29, 0.717) is 23.2 Å². The smallest absolute Gasteiger partial charge is 0.306 e. The number of benzene rings is 2. The molecule has 348 valence electrons. The summed E-state index contributed by atoms with van der Waals surface area (Å²) in [4.78, 5) is 70.9. The van der Waals surface area contributed by atoms with Crippen molar-refractivity contribution in [1.29, 1.82) is 0 Å². The first-order valence-electron chi connectivity index (χ1n) is 22.1. The van der Waals surface area contributed by atoms with Crippen molar-refractivity contribution in [1.82, 2.24) is 40.3 Å². The van der Waals surface area contributed by atoms with E-state index in [1.807, 2.05) is 113 Å². The predicted octanol–water partition coefficient (Wildman–Crippen LogP) is 6.90. The van der Waals surface area contributed by atoms with Crippen molar-refractivity contribution in [3.05, 3.63) is 117 Å². The molecule has 8 rings (SSSR count). The SMILES string of the molecule is Cc1ncsc1-c1ccc(C(C)NC(=O)[C@@H]2C[C@@H](O)CN2C(=O)C(NC(=O)CNc2ccc(-c3ccc(C4=N[C@@H](CC(=O)O)c5nnc(C)n5-c5sc(C)c(C)c54)cc3)cn2)C(C)(C)C)cc1. The summed E-state index contributed by atoms with van der Waals surface area (Å²) in [5.74, 6) is -0.638. The fraction of sp³-hybridized carbons (Fsp3) is 0.367. The molecule has 1 saturated heterocycles. The van der Waals surface area contributed by atoms with E-state index in [4.69, 9.17) is 4.99 Å². The molecule has 3 amide bonds. The molecule has 16 nitrogen and oxygen atoms in total. The fourth-order valence-corrected chi connectivity index (χ4v) is 10.6. The molecule has 0 spiro atoms. The Morgan fingerprint density at radius 1 is 0.881 bits per heavy atom. The summed E-state index contributed by atoms with van der Waals surface area (Å²) in [7, 11) is 0. The topological polar surface area (TPSA) is 217 Å². The van der Waals surface area contributed by atoms with E-state index in [1.165, 1.54) is 4.90 Å². The zero-order valence-electron chi connectivity index (χ0n) is 38.6. The number of hydrogen-bond acceptors (Lipinski definition) is 13. The van der Waals surface area contributed by atoms with Gasteiger partial charge in [-0.05, 0) is 74.4 Å². The number of carboxylic acid groups (broad SMARTS) is 1. The van der Waals surface area contributed by atoms with Crippen LogP contribution in [-0.4, -0.2) is 101 Å². The van der Waals surface area contributed by atoms with Crippen LogP contribution in [0, 0.1) is 33.1 Å². The Morgan fingerprint density at radius 3 is 2.21 bits per heavy atom. The number of hydrogen-bond donors (Lipinski definition) is 5.